The smallest absolute Gasteiger partial charge is 0.254 e. The van der Waals surface area contributed by atoms with E-state index in [9.17, 15) is 4.79 Å². The molecule has 1 atom stereocenters. The molecule has 0 aromatic heterocycles. The van der Waals surface area contributed by atoms with Crippen molar-refractivity contribution in [2.75, 3.05) is 20.1 Å². The third-order valence-electron chi connectivity index (χ3n) is 3.77. The Kier molecular flexibility index (Phi) is 4.37. The van der Waals surface area contributed by atoms with Gasteiger partial charge in [0.2, 0.25) is 0 Å². The van der Waals surface area contributed by atoms with E-state index in [2.05, 4.69) is 12.2 Å². The van der Waals surface area contributed by atoms with E-state index in [0.717, 1.165) is 43.5 Å². The summed E-state index contributed by atoms with van der Waals surface area (Å²) in [6.45, 7) is 4.08. The molecule has 1 aliphatic rings. The van der Waals surface area contributed by atoms with Gasteiger partial charge in [-0.15, -0.1) is 0 Å². The molecule has 98 valence electrons. The fourth-order valence-corrected chi connectivity index (χ4v) is 2.56. The monoisotopic (exact) mass is 246 g/mol. The summed E-state index contributed by atoms with van der Waals surface area (Å²) in [5.41, 5.74) is 1.99. The van der Waals surface area contributed by atoms with Crippen molar-refractivity contribution in [1.29, 1.82) is 0 Å². The van der Waals surface area contributed by atoms with Crippen molar-refractivity contribution >= 4 is 5.91 Å². The molecule has 1 saturated heterocycles. The first-order valence-electron chi connectivity index (χ1n) is 6.79. The van der Waals surface area contributed by atoms with Gasteiger partial charge in [-0.05, 0) is 37.4 Å². The SMILES string of the molecule is CCc1ccccc1C(=O)N(C)[C@@H]1CCCNC1. The van der Waals surface area contributed by atoms with Crippen LogP contribution in [0, 0.1) is 0 Å². The molecule has 1 amide bonds. The molecule has 0 unspecified atom stereocenters. The molecule has 1 aliphatic heterocycles. The van der Waals surface area contributed by atoms with Crippen LogP contribution in [-0.4, -0.2) is 37.0 Å². The summed E-state index contributed by atoms with van der Waals surface area (Å²) in [5.74, 6) is 0.154. The van der Waals surface area contributed by atoms with Crippen molar-refractivity contribution in [3.63, 3.8) is 0 Å². The zero-order valence-electron chi connectivity index (χ0n) is 11.3. The summed E-state index contributed by atoms with van der Waals surface area (Å²) in [6, 6.07) is 8.25. The van der Waals surface area contributed by atoms with Crippen LogP contribution in [0.3, 0.4) is 0 Å². The van der Waals surface area contributed by atoms with Crippen molar-refractivity contribution in [3.05, 3.63) is 35.4 Å². The molecular formula is C15H22N2O. The second-order valence-corrected chi connectivity index (χ2v) is 4.93. The van der Waals surface area contributed by atoms with Gasteiger partial charge in [-0.25, -0.2) is 0 Å². The quantitative estimate of drug-likeness (QED) is 0.885. The van der Waals surface area contributed by atoms with Gasteiger partial charge in [0.15, 0.2) is 0 Å². The van der Waals surface area contributed by atoms with E-state index in [1.165, 1.54) is 0 Å². The maximum absolute atomic E-state index is 12.5. The maximum Gasteiger partial charge on any atom is 0.254 e. The van der Waals surface area contributed by atoms with Crippen molar-refractivity contribution in [2.45, 2.75) is 32.2 Å². The predicted octanol–water partition coefficient (Wildman–Crippen LogP) is 2.07. The van der Waals surface area contributed by atoms with Gasteiger partial charge in [0.25, 0.3) is 5.91 Å². The van der Waals surface area contributed by atoms with E-state index in [-0.39, 0.29) is 5.91 Å². The van der Waals surface area contributed by atoms with Crippen LogP contribution in [-0.2, 0) is 6.42 Å². The van der Waals surface area contributed by atoms with Gasteiger partial charge in [-0.1, -0.05) is 25.1 Å². The minimum Gasteiger partial charge on any atom is -0.337 e. The minimum absolute atomic E-state index is 0.154. The molecule has 2 rings (SSSR count). The minimum atomic E-state index is 0.154. The first-order valence-corrected chi connectivity index (χ1v) is 6.79. The number of hydrogen-bond acceptors (Lipinski definition) is 2. The standard InChI is InChI=1S/C15H22N2O/c1-3-12-7-4-5-9-14(12)15(18)17(2)13-8-6-10-16-11-13/h4-5,7,9,13,16H,3,6,8,10-11H2,1-2H3/t13-/m1/s1. The number of amides is 1. The molecule has 1 N–H and O–H groups in total. The van der Waals surface area contributed by atoms with E-state index in [1.807, 2.05) is 36.2 Å². The zero-order chi connectivity index (χ0) is 13.0. The van der Waals surface area contributed by atoms with Crippen LogP contribution in [0.5, 0.6) is 0 Å². The van der Waals surface area contributed by atoms with Crippen molar-refractivity contribution < 1.29 is 4.79 Å². The Balaban J connectivity index is 2.14. The van der Waals surface area contributed by atoms with Crippen LogP contribution in [0.15, 0.2) is 24.3 Å². The molecule has 1 aromatic carbocycles. The number of likely N-dealkylation sites (N-methyl/N-ethyl adjacent to an activating group) is 1. The van der Waals surface area contributed by atoms with Gasteiger partial charge in [0.1, 0.15) is 0 Å². The van der Waals surface area contributed by atoms with Crippen LogP contribution in [0.2, 0.25) is 0 Å². The first kappa shape index (κ1) is 13.1. The highest BCUT2D eigenvalue weighted by Gasteiger charge is 2.23. The molecule has 0 aliphatic carbocycles. The number of carbonyl (C=O) groups is 1. The van der Waals surface area contributed by atoms with Gasteiger partial charge >= 0.3 is 0 Å². The number of piperidine rings is 1. The lowest BCUT2D eigenvalue weighted by atomic mass is 10.0. The summed E-state index contributed by atoms with van der Waals surface area (Å²) >= 11 is 0. The topological polar surface area (TPSA) is 32.3 Å². The molecule has 0 spiro atoms. The first-order chi connectivity index (χ1) is 8.74. The predicted molar refractivity (Wildman–Crippen MR) is 73.8 cm³/mol. The lowest BCUT2D eigenvalue weighted by molar-refractivity contribution is 0.0707. The molecule has 0 radical (unpaired) electrons. The third kappa shape index (κ3) is 2.72. The van der Waals surface area contributed by atoms with E-state index in [1.54, 1.807) is 0 Å². The molecule has 1 heterocycles. The third-order valence-corrected chi connectivity index (χ3v) is 3.77. The lowest BCUT2D eigenvalue weighted by Gasteiger charge is -2.32. The van der Waals surface area contributed by atoms with Crippen LogP contribution < -0.4 is 5.32 Å². The molecule has 1 fully saturated rings. The van der Waals surface area contributed by atoms with Crippen molar-refractivity contribution in [2.24, 2.45) is 0 Å². The van der Waals surface area contributed by atoms with Gasteiger partial charge in [-0.3, -0.25) is 4.79 Å². The molecule has 3 heteroatoms. The lowest BCUT2D eigenvalue weighted by Crippen LogP contribution is -2.46. The second-order valence-electron chi connectivity index (χ2n) is 4.93. The Morgan fingerprint density at radius 3 is 2.89 bits per heavy atom. The fourth-order valence-electron chi connectivity index (χ4n) is 2.56. The second kappa shape index (κ2) is 6.01. The van der Waals surface area contributed by atoms with E-state index >= 15 is 0 Å². The number of nitrogens with zero attached hydrogens (tertiary/aromatic N) is 1. The maximum atomic E-state index is 12.5. The highest BCUT2D eigenvalue weighted by atomic mass is 16.2. The highest BCUT2D eigenvalue weighted by molar-refractivity contribution is 5.95. The number of aryl methyl sites for hydroxylation is 1. The molecule has 3 nitrogen and oxygen atoms in total. The van der Waals surface area contributed by atoms with Gasteiger partial charge in [0.05, 0.1) is 0 Å². The average molecular weight is 246 g/mol. The van der Waals surface area contributed by atoms with Gasteiger partial charge in [-0.2, -0.15) is 0 Å². The summed E-state index contributed by atoms with van der Waals surface area (Å²) in [4.78, 5) is 14.4. The average Bonchev–Trinajstić information content (AvgIpc) is 2.46. The molecule has 1 aromatic rings. The van der Waals surface area contributed by atoms with Gasteiger partial charge < -0.3 is 10.2 Å². The van der Waals surface area contributed by atoms with E-state index in [0.29, 0.717) is 6.04 Å². The zero-order valence-corrected chi connectivity index (χ0v) is 11.3. The molecule has 0 saturated carbocycles. The summed E-state index contributed by atoms with van der Waals surface area (Å²) in [5, 5.41) is 3.36. The largest absolute Gasteiger partial charge is 0.337 e. The Morgan fingerprint density at radius 2 is 2.22 bits per heavy atom. The Morgan fingerprint density at radius 1 is 1.44 bits per heavy atom. The number of hydrogen-bond donors (Lipinski definition) is 1. The number of benzene rings is 1. The van der Waals surface area contributed by atoms with E-state index in [4.69, 9.17) is 0 Å². The van der Waals surface area contributed by atoms with Gasteiger partial charge in [0, 0.05) is 25.2 Å². The number of nitrogens with one attached hydrogen (secondary N) is 1. The van der Waals surface area contributed by atoms with Crippen LogP contribution >= 0.6 is 0 Å². The number of rotatable bonds is 3. The molecule has 0 bridgehead atoms. The summed E-state index contributed by atoms with van der Waals surface area (Å²) in [7, 11) is 1.92. The molecular weight excluding hydrogens is 224 g/mol. The normalized spacial score (nSPS) is 19.6. The van der Waals surface area contributed by atoms with Crippen LogP contribution in [0.25, 0.3) is 0 Å². The highest BCUT2D eigenvalue weighted by Crippen LogP contribution is 2.16. The fraction of sp³-hybridized carbons (Fsp3) is 0.533. The van der Waals surface area contributed by atoms with Crippen LogP contribution in [0.4, 0.5) is 0 Å². The molecule has 18 heavy (non-hydrogen) atoms. The van der Waals surface area contributed by atoms with Crippen molar-refractivity contribution in [3.8, 4) is 0 Å². The van der Waals surface area contributed by atoms with E-state index < -0.39 is 0 Å². The summed E-state index contributed by atoms with van der Waals surface area (Å²) < 4.78 is 0. The van der Waals surface area contributed by atoms with Crippen LogP contribution in [0.1, 0.15) is 35.7 Å². The van der Waals surface area contributed by atoms with Crippen molar-refractivity contribution in [1.82, 2.24) is 10.2 Å². The Bertz CT molecular complexity index is 411. The Hall–Kier alpha value is -1.35. The number of carbonyl (C=O) groups excluding carboxylic acids is 1. The Labute approximate surface area is 109 Å². The summed E-state index contributed by atoms with van der Waals surface area (Å²) in [6.07, 6.45) is 3.15.